The molecule has 4 rings (SSSR count). The van der Waals surface area contributed by atoms with Crippen molar-refractivity contribution in [3.63, 3.8) is 0 Å². The van der Waals surface area contributed by atoms with E-state index < -0.39 is 0 Å². The Morgan fingerprint density at radius 3 is 2.35 bits per heavy atom. The molecule has 194 valence electrons. The smallest absolute Gasteiger partial charge is 0.274 e. The molecule has 7 nitrogen and oxygen atoms in total. The van der Waals surface area contributed by atoms with Crippen LogP contribution in [0.5, 0.6) is 11.5 Å². The van der Waals surface area contributed by atoms with Gasteiger partial charge < -0.3 is 14.4 Å². The number of amides is 1. The maximum atomic E-state index is 13.7. The Kier molecular flexibility index (Phi) is 7.05. The van der Waals surface area contributed by atoms with E-state index in [4.69, 9.17) is 14.5 Å². The number of carbonyl (C=O) groups excluding carboxylic acids is 1. The summed E-state index contributed by atoms with van der Waals surface area (Å²) in [6.07, 6.45) is 1.43. The molecule has 1 amide bonds. The van der Waals surface area contributed by atoms with E-state index in [-0.39, 0.29) is 23.5 Å². The van der Waals surface area contributed by atoms with Gasteiger partial charge in [-0.25, -0.2) is 4.98 Å². The molecule has 1 aliphatic heterocycles. The molecule has 0 N–H and O–H groups in total. The molecule has 0 fully saturated rings. The van der Waals surface area contributed by atoms with Gasteiger partial charge in [0.25, 0.3) is 5.91 Å². The lowest BCUT2D eigenvalue weighted by Crippen LogP contribution is -2.43. The van der Waals surface area contributed by atoms with Crippen LogP contribution in [0.2, 0.25) is 0 Å². The molecule has 1 aromatic heterocycles. The van der Waals surface area contributed by atoms with E-state index in [0.717, 1.165) is 34.8 Å². The van der Waals surface area contributed by atoms with Crippen LogP contribution in [-0.4, -0.2) is 46.2 Å². The second-order valence-electron chi connectivity index (χ2n) is 10.9. The van der Waals surface area contributed by atoms with E-state index in [2.05, 4.69) is 17.6 Å². The van der Waals surface area contributed by atoms with Gasteiger partial charge in [-0.3, -0.25) is 9.36 Å². The van der Waals surface area contributed by atoms with Crippen molar-refractivity contribution >= 4 is 5.91 Å². The van der Waals surface area contributed by atoms with Crippen LogP contribution >= 0.6 is 0 Å². The van der Waals surface area contributed by atoms with E-state index in [0.29, 0.717) is 29.2 Å². The molecule has 0 saturated carbocycles. The SMILES string of the molecule is COc1cc2c(cc1OC(C)C)-n1c([C@H](C)c3ccc(C#N)cc3)nc(C(=O)N(C)C(C)(C)C)c1CC2. The zero-order valence-electron chi connectivity index (χ0n) is 23.0. The number of nitrogens with zero attached hydrogens (tertiary/aromatic N) is 4. The van der Waals surface area contributed by atoms with E-state index >= 15 is 0 Å². The number of carbonyl (C=O) groups is 1. The molecule has 2 aromatic carbocycles. The summed E-state index contributed by atoms with van der Waals surface area (Å²) in [5, 5.41) is 9.23. The molecule has 0 spiro atoms. The van der Waals surface area contributed by atoms with Gasteiger partial charge in [-0.15, -0.1) is 0 Å². The summed E-state index contributed by atoms with van der Waals surface area (Å²) in [5.74, 6) is 1.93. The molecular weight excluding hydrogens is 464 g/mol. The summed E-state index contributed by atoms with van der Waals surface area (Å²) in [6.45, 7) is 12.1. The Bertz CT molecular complexity index is 1360. The highest BCUT2D eigenvalue weighted by Crippen LogP contribution is 2.40. The number of benzene rings is 2. The van der Waals surface area contributed by atoms with Crippen LogP contribution < -0.4 is 9.47 Å². The van der Waals surface area contributed by atoms with E-state index in [1.807, 2.05) is 78.1 Å². The lowest BCUT2D eigenvalue weighted by atomic mass is 9.96. The van der Waals surface area contributed by atoms with Crippen molar-refractivity contribution in [2.45, 2.75) is 71.9 Å². The predicted molar refractivity (Wildman–Crippen MR) is 144 cm³/mol. The van der Waals surface area contributed by atoms with Gasteiger partial charge in [-0.05, 0) is 76.8 Å². The first-order valence-corrected chi connectivity index (χ1v) is 12.7. The highest BCUT2D eigenvalue weighted by molar-refractivity contribution is 5.94. The molecule has 0 saturated heterocycles. The topological polar surface area (TPSA) is 80.4 Å². The van der Waals surface area contributed by atoms with Crippen molar-refractivity contribution in [1.82, 2.24) is 14.5 Å². The van der Waals surface area contributed by atoms with Crippen LogP contribution in [0.1, 0.15) is 86.2 Å². The zero-order chi connectivity index (χ0) is 27.1. The van der Waals surface area contributed by atoms with Gasteiger partial charge in [0, 0.05) is 24.6 Å². The Balaban J connectivity index is 1.94. The van der Waals surface area contributed by atoms with Crippen molar-refractivity contribution in [2.24, 2.45) is 0 Å². The Morgan fingerprint density at radius 2 is 1.78 bits per heavy atom. The largest absolute Gasteiger partial charge is 0.493 e. The highest BCUT2D eigenvalue weighted by Gasteiger charge is 2.34. The fourth-order valence-corrected chi connectivity index (χ4v) is 4.65. The van der Waals surface area contributed by atoms with Gasteiger partial charge in [0.2, 0.25) is 0 Å². The molecule has 0 aliphatic carbocycles. The van der Waals surface area contributed by atoms with Crippen LogP contribution in [0.4, 0.5) is 0 Å². The van der Waals surface area contributed by atoms with Crippen LogP contribution in [0, 0.1) is 11.3 Å². The van der Waals surface area contributed by atoms with Crippen LogP contribution in [0.15, 0.2) is 36.4 Å². The third kappa shape index (κ3) is 4.93. The summed E-state index contributed by atoms with van der Waals surface area (Å²) < 4.78 is 13.9. The fraction of sp³-hybridized carbons (Fsp3) is 0.433. The average molecular weight is 501 g/mol. The Morgan fingerprint density at radius 1 is 1.11 bits per heavy atom. The first-order chi connectivity index (χ1) is 17.5. The number of hydrogen-bond donors (Lipinski definition) is 0. The standard InChI is InChI=1S/C30H36N4O3/c1-18(2)37-26-16-24-22(15-25(26)36-8)13-14-23-27(29(35)33(7)30(4,5)6)32-28(34(23)24)19(3)21-11-9-20(17-31)10-12-21/h9-12,15-16,18-19H,13-14H2,1-8H3/t19-/m1/s1. The minimum absolute atomic E-state index is 0.0209. The van der Waals surface area contributed by atoms with Crippen molar-refractivity contribution < 1.29 is 14.3 Å². The van der Waals surface area contributed by atoms with E-state index in [1.165, 1.54) is 0 Å². The molecule has 3 aromatic rings. The van der Waals surface area contributed by atoms with Crippen molar-refractivity contribution in [2.75, 3.05) is 14.2 Å². The lowest BCUT2D eigenvalue weighted by Gasteiger charge is -2.32. The van der Waals surface area contributed by atoms with Gasteiger partial charge in [0.15, 0.2) is 11.5 Å². The predicted octanol–water partition coefficient (Wildman–Crippen LogP) is 5.66. The molecule has 1 aliphatic rings. The number of imidazole rings is 1. The summed E-state index contributed by atoms with van der Waals surface area (Å²) >= 11 is 0. The second kappa shape index (κ2) is 9.93. The lowest BCUT2D eigenvalue weighted by molar-refractivity contribution is 0.0648. The normalized spacial score (nSPS) is 13.4. The fourth-order valence-electron chi connectivity index (χ4n) is 4.65. The third-order valence-electron chi connectivity index (χ3n) is 7.04. The van der Waals surface area contributed by atoms with Gasteiger partial charge in [-0.2, -0.15) is 5.26 Å². The number of rotatable bonds is 6. The first-order valence-electron chi connectivity index (χ1n) is 12.7. The summed E-state index contributed by atoms with van der Waals surface area (Å²) in [7, 11) is 3.48. The minimum Gasteiger partial charge on any atom is -0.493 e. The number of aromatic nitrogens is 2. The maximum absolute atomic E-state index is 13.7. The minimum atomic E-state index is -0.343. The van der Waals surface area contributed by atoms with E-state index in [9.17, 15) is 10.1 Å². The van der Waals surface area contributed by atoms with Gasteiger partial charge >= 0.3 is 0 Å². The van der Waals surface area contributed by atoms with Crippen LogP contribution in [-0.2, 0) is 12.8 Å². The monoisotopic (exact) mass is 500 g/mol. The molecule has 37 heavy (non-hydrogen) atoms. The first kappa shape index (κ1) is 26.3. The van der Waals surface area contributed by atoms with E-state index in [1.54, 1.807) is 12.0 Å². The summed E-state index contributed by atoms with van der Waals surface area (Å²) in [5.41, 5.74) is 4.76. The summed E-state index contributed by atoms with van der Waals surface area (Å²) in [4.78, 5) is 20.5. The third-order valence-corrected chi connectivity index (χ3v) is 7.04. The molecule has 0 unspecified atom stereocenters. The molecule has 0 bridgehead atoms. The van der Waals surface area contributed by atoms with Crippen molar-refractivity contribution in [3.8, 4) is 23.3 Å². The summed E-state index contributed by atoms with van der Waals surface area (Å²) in [6, 6.07) is 13.8. The van der Waals surface area contributed by atoms with Crippen molar-refractivity contribution in [1.29, 1.82) is 5.26 Å². The molecule has 0 radical (unpaired) electrons. The van der Waals surface area contributed by atoms with Crippen LogP contribution in [0.3, 0.4) is 0 Å². The zero-order valence-corrected chi connectivity index (χ0v) is 23.0. The molecule has 1 atom stereocenters. The molecular formula is C30H36N4O3. The number of fused-ring (bicyclic) bond motifs is 3. The Labute approximate surface area is 219 Å². The van der Waals surface area contributed by atoms with Gasteiger partial charge in [-0.1, -0.05) is 19.1 Å². The molecule has 2 heterocycles. The number of nitriles is 1. The quantitative estimate of drug-likeness (QED) is 0.436. The molecule has 7 heteroatoms. The Hall–Kier alpha value is -3.79. The number of aryl methyl sites for hydroxylation is 1. The highest BCUT2D eigenvalue weighted by atomic mass is 16.5. The van der Waals surface area contributed by atoms with Crippen LogP contribution in [0.25, 0.3) is 5.69 Å². The average Bonchev–Trinajstić information content (AvgIpc) is 3.26. The second-order valence-corrected chi connectivity index (χ2v) is 10.9. The number of ether oxygens (including phenoxy) is 2. The van der Waals surface area contributed by atoms with Gasteiger partial charge in [0.05, 0.1) is 36.2 Å². The maximum Gasteiger partial charge on any atom is 0.274 e. The number of hydrogen-bond acceptors (Lipinski definition) is 5. The van der Waals surface area contributed by atoms with Gasteiger partial charge in [0.1, 0.15) is 11.5 Å². The number of methoxy groups -OCH3 is 1. The van der Waals surface area contributed by atoms with Crippen molar-refractivity contribution in [3.05, 3.63) is 70.3 Å².